The van der Waals surface area contributed by atoms with Gasteiger partial charge in [0.1, 0.15) is 11.6 Å². The highest BCUT2D eigenvalue weighted by molar-refractivity contribution is 6.30. The van der Waals surface area contributed by atoms with Gasteiger partial charge in [-0.3, -0.25) is 4.79 Å². The van der Waals surface area contributed by atoms with Crippen LogP contribution >= 0.6 is 11.6 Å². The summed E-state index contributed by atoms with van der Waals surface area (Å²) in [5.74, 6) is -1.54. The number of alkyl halides is 3. The molecule has 182 valence electrons. The number of nitriles is 1. The second-order valence-electron chi connectivity index (χ2n) is 7.38. The van der Waals surface area contributed by atoms with E-state index in [0.717, 1.165) is 11.6 Å². The second-order valence-corrected chi connectivity index (χ2v) is 7.82. The minimum Gasteiger partial charge on any atom is -0.480 e. The monoisotopic (exact) mass is 513 g/mol. The molecule has 12 heteroatoms. The van der Waals surface area contributed by atoms with Crippen LogP contribution < -0.4 is 15.0 Å². The molecular weight excluding hydrogens is 499 g/mol. The first-order chi connectivity index (χ1) is 17.2. The molecule has 0 bridgehead atoms. The van der Waals surface area contributed by atoms with Gasteiger partial charge in [0.05, 0.1) is 24.4 Å². The number of nitrogens with zero attached hydrogens (tertiary/aromatic N) is 4. The van der Waals surface area contributed by atoms with Gasteiger partial charge in [-0.05, 0) is 24.3 Å². The van der Waals surface area contributed by atoms with E-state index in [0.29, 0.717) is 11.3 Å². The molecule has 0 atom stereocenters. The molecule has 0 radical (unpaired) electrons. The van der Waals surface area contributed by atoms with Crippen LogP contribution in [0.2, 0.25) is 5.02 Å². The van der Waals surface area contributed by atoms with Crippen molar-refractivity contribution >= 4 is 11.6 Å². The lowest BCUT2D eigenvalue weighted by atomic mass is 10.1. The van der Waals surface area contributed by atoms with E-state index in [-0.39, 0.29) is 34.5 Å². The SMILES string of the molecule is COc1nnc(-c2ccccc2)cc1Cc1nc(C(F)(F)F)c(Oc2cc(Cl)cc(C#N)c2)c(=O)[nH]1. The van der Waals surface area contributed by atoms with Crippen LogP contribution in [0.1, 0.15) is 22.6 Å². The number of aromatic amines is 1. The first-order valence-corrected chi connectivity index (χ1v) is 10.6. The number of benzene rings is 2. The summed E-state index contributed by atoms with van der Waals surface area (Å²) in [6.45, 7) is 0. The molecule has 0 saturated heterocycles. The van der Waals surface area contributed by atoms with Crippen LogP contribution in [0.4, 0.5) is 13.2 Å². The minimum atomic E-state index is -5.02. The van der Waals surface area contributed by atoms with E-state index in [2.05, 4.69) is 20.2 Å². The fourth-order valence-electron chi connectivity index (χ4n) is 3.33. The van der Waals surface area contributed by atoms with Crippen molar-refractivity contribution in [1.29, 1.82) is 5.26 Å². The van der Waals surface area contributed by atoms with E-state index < -0.39 is 23.2 Å². The van der Waals surface area contributed by atoms with E-state index in [1.54, 1.807) is 36.4 Å². The van der Waals surface area contributed by atoms with E-state index in [9.17, 15) is 18.0 Å². The Morgan fingerprint density at radius 3 is 2.53 bits per heavy atom. The summed E-state index contributed by atoms with van der Waals surface area (Å²) in [7, 11) is 1.34. The Morgan fingerprint density at radius 1 is 1.11 bits per heavy atom. The van der Waals surface area contributed by atoms with Crippen molar-refractivity contribution in [1.82, 2.24) is 20.2 Å². The van der Waals surface area contributed by atoms with Crippen molar-refractivity contribution in [3.63, 3.8) is 0 Å². The lowest BCUT2D eigenvalue weighted by molar-refractivity contribution is -0.142. The first kappa shape index (κ1) is 24.7. The third-order valence-electron chi connectivity index (χ3n) is 4.87. The molecule has 0 amide bonds. The zero-order chi connectivity index (χ0) is 25.9. The summed E-state index contributed by atoms with van der Waals surface area (Å²) in [6, 6.07) is 16.0. The van der Waals surface area contributed by atoms with Gasteiger partial charge >= 0.3 is 6.18 Å². The molecular formula is C24H15ClF3N5O3. The maximum Gasteiger partial charge on any atom is 0.437 e. The van der Waals surface area contributed by atoms with Crippen LogP contribution in [0.5, 0.6) is 17.4 Å². The van der Waals surface area contributed by atoms with Gasteiger partial charge in [-0.2, -0.15) is 18.4 Å². The van der Waals surface area contributed by atoms with Crippen molar-refractivity contribution in [2.24, 2.45) is 0 Å². The lowest BCUT2D eigenvalue weighted by Crippen LogP contribution is -2.22. The summed E-state index contributed by atoms with van der Waals surface area (Å²) in [4.78, 5) is 18.7. The molecule has 36 heavy (non-hydrogen) atoms. The number of methoxy groups -OCH3 is 1. The lowest BCUT2D eigenvalue weighted by Gasteiger charge is -2.14. The van der Waals surface area contributed by atoms with Crippen LogP contribution in [0.3, 0.4) is 0 Å². The Morgan fingerprint density at radius 2 is 1.86 bits per heavy atom. The predicted octanol–water partition coefficient (Wildman–Crippen LogP) is 5.16. The summed E-state index contributed by atoms with van der Waals surface area (Å²) in [5.41, 5.74) is -1.13. The molecule has 2 aromatic heterocycles. The second kappa shape index (κ2) is 10.1. The quantitative estimate of drug-likeness (QED) is 0.378. The maximum atomic E-state index is 13.9. The Hall–Kier alpha value is -4.43. The zero-order valence-electron chi connectivity index (χ0n) is 18.4. The van der Waals surface area contributed by atoms with Gasteiger partial charge in [0.2, 0.25) is 11.6 Å². The van der Waals surface area contributed by atoms with Crippen molar-refractivity contribution in [2.75, 3.05) is 7.11 Å². The molecule has 1 N–H and O–H groups in total. The van der Waals surface area contributed by atoms with Crippen molar-refractivity contribution in [3.8, 4) is 34.7 Å². The van der Waals surface area contributed by atoms with Gasteiger partial charge in [-0.15, -0.1) is 10.2 Å². The average Bonchev–Trinajstić information content (AvgIpc) is 2.85. The van der Waals surface area contributed by atoms with Gasteiger partial charge in [0.25, 0.3) is 5.56 Å². The number of hydrogen-bond acceptors (Lipinski definition) is 7. The van der Waals surface area contributed by atoms with E-state index in [1.807, 2.05) is 6.07 Å². The van der Waals surface area contributed by atoms with Gasteiger partial charge in [-0.1, -0.05) is 41.9 Å². The normalized spacial score (nSPS) is 11.1. The summed E-state index contributed by atoms with van der Waals surface area (Å²) >= 11 is 5.89. The topological polar surface area (TPSA) is 114 Å². The van der Waals surface area contributed by atoms with Crippen molar-refractivity contribution in [3.05, 3.63) is 92.6 Å². The number of H-pyrrole nitrogens is 1. The van der Waals surface area contributed by atoms with Crippen molar-refractivity contribution in [2.45, 2.75) is 12.6 Å². The highest BCUT2D eigenvalue weighted by atomic mass is 35.5. The molecule has 0 aliphatic rings. The molecule has 2 aromatic carbocycles. The molecule has 0 saturated carbocycles. The van der Waals surface area contributed by atoms with Gasteiger partial charge in [0.15, 0.2) is 5.69 Å². The summed E-state index contributed by atoms with van der Waals surface area (Å²) < 4.78 is 52.1. The molecule has 0 fully saturated rings. The fourth-order valence-corrected chi connectivity index (χ4v) is 3.56. The number of halogens is 4. The molecule has 0 aliphatic carbocycles. The number of rotatable bonds is 6. The van der Waals surface area contributed by atoms with Gasteiger partial charge in [-0.25, -0.2) is 4.98 Å². The molecule has 0 aliphatic heterocycles. The molecule has 8 nitrogen and oxygen atoms in total. The van der Waals surface area contributed by atoms with Crippen LogP contribution in [0.25, 0.3) is 11.3 Å². The van der Waals surface area contributed by atoms with Crippen LogP contribution in [-0.4, -0.2) is 27.3 Å². The molecule has 4 rings (SSSR count). The van der Waals surface area contributed by atoms with Crippen molar-refractivity contribution < 1.29 is 22.6 Å². The Labute approximate surface area is 206 Å². The minimum absolute atomic E-state index is 0.0403. The predicted molar refractivity (Wildman–Crippen MR) is 123 cm³/mol. The Kier molecular flexibility index (Phi) is 6.89. The molecule has 2 heterocycles. The zero-order valence-corrected chi connectivity index (χ0v) is 19.2. The number of ether oxygens (including phenoxy) is 2. The van der Waals surface area contributed by atoms with Crippen LogP contribution in [-0.2, 0) is 12.6 Å². The number of aromatic nitrogens is 4. The van der Waals surface area contributed by atoms with Gasteiger partial charge < -0.3 is 14.5 Å². The van der Waals surface area contributed by atoms with Crippen LogP contribution in [0.15, 0.2) is 59.4 Å². The fraction of sp³-hybridized carbons (Fsp3) is 0.125. The summed E-state index contributed by atoms with van der Waals surface area (Å²) in [6.07, 6.45) is -5.27. The van der Waals surface area contributed by atoms with Crippen LogP contribution in [0, 0.1) is 11.3 Å². The Balaban J connectivity index is 1.76. The summed E-state index contributed by atoms with van der Waals surface area (Å²) in [5, 5.41) is 17.2. The average molecular weight is 514 g/mol. The van der Waals surface area contributed by atoms with E-state index >= 15 is 0 Å². The smallest absolute Gasteiger partial charge is 0.437 e. The Bertz CT molecular complexity index is 1520. The highest BCUT2D eigenvalue weighted by Gasteiger charge is 2.39. The van der Waals surface area contributed by atoms with E-state index in [1.165, 1.54) is 19.2 Å². The largest absolute Gasteiger partial charge is 0.480 e. The highest BCUT2D eigenvalue weighted by Crippen LogP contribution is 2.35. The van der Waals surface area contributed by atoms with E-state index in [4.69, 9.17) is 26.3 Å². The third-order valence-corrected chi connectivity index (χ3v) is 5.09. The number of nitrogens with one attached hydrogen (secondary N) is 1. The molecule has 0 unspecified atom stereocenters. The molecule has 4 aromatic rings. The number of hydrogen-bond donors (Lipinski definition) is 1. The first-order valence-electron chi connectivity index (χ1n) is 10.2. The van der Waals surface area contributed by atoms with Gasteiger partial charge in [0, 0.05) is 22.6 Å². The molecule has 0 spiro atoms. The third kappa shape index (κ3) is 5.45. The standard InChI is InChI=1S/C24H15ClF3N5O3/c1-35-23-15(9-18(32-33-23)14-5-3-2-4-6-14)10-19-30-21(24(26,27)28)20(22(34)31-19)36-17-8-13(12-29)7-16(25)11-17/h2-9,11H,10H2,1H3,(H,30,31,34). The maximum absolute atomic E-state index is 13.9.